The maximum Gasteiger partial charge on any atom is 0.238 e. The predicted octanol–water partition coefficient (Wildman–Crippen LogP) is 2.67. The molecular formula is C16H19ClN4O. The monoisotopic (exact) mass is 318 g/mol. The Kier molecular flexibility index (Phi) is 4.87. The van der Waals surface area contributed by atoms with Crippen LogP contribution in [0.2, 0.25) is 5.15 Å². The van der Waals surface area contributed by atoms with Crippen LogP contribution >= 0.6 is 11.6 Å². The molecular weight excluding hydrogens is 300 g/mol. The first-order chi connectivity index (χ1) is 10.7. The summed E-state index contributed by atoms with van der Waals surface area (Å²) in [6.07, 6.45) is 0. The number of hydrogen-bond acceptors (Lipinski definition) is 5. The van der Waals surface area contributed by atoms with Crippen molar-refractivity contribution in [2.45, 2.75) is 6.54 Å². The SMILES string of the molecule is CN1CCN(Cc2ccccc2Oc2ccc(Cl)nn2)CC1. The lowest BCUT2D eigenvalue weighted by molar-refractivity contribution is 0.147. The topological polar surface area (TPSA) is 41.5 Å². The van der Waals surface area contributed by atoms with E-state index in [-0.39, 0.29) is 0 Å². The van der Waals surface area contributed by atoms with Crippen molar-refractivity contribution in [3.8, 4) is 11.6 Å². The number of likely N-dealkylation sites (N-methyl/N-ethyl adjacent to an activating group) is 1. The largest absolute Gasteiger partial charge is 0.437 e. The minimum Gasteiger partial charge on any atom is -0.437 e. The zero-order valence-electron chi connectivity index (χ0n) is 12.6. The summed E-state index contributed by atoms with van der Waals surface area (Å²) in [5.41, 5.74) is 1.16. The van der Waals surface area contributed by atoms with Gasteiger partial charge in [-0.3, -0.25) is 4.90 Å². The fourth-order valence-electron chi connectivity index (χ4n) is 2.45. The molecule has 2 aromatic rings. The third-order valence-corrected chi connectivity index (χ3v) is 3.99. The zero-order chi connectivity index (χ0) is 15.4. The molecule has 0 unspecified atom stereocenters. The second-order valence-electron chi connectivity index (χ2n) is 5.48. The van der Waals surface area contributed by atoms with Gasteiger partial charge >= 0.3 is 0 Å². The Bertz CT molecular complexity index is 612. The molecule has 0 saturated carbocycles. The molecule has 6 heteroatoms. The fraction of sp³-hybridized carbons (Fsp3) is 0.375. The number of aromatic nitrogens is 2. The van der Waals surface area contributed by atoms with E-state index in [1.807, 2.05) is 18.2 Å². The third kappa shape index (κ3) is 3.94. The van der Waals surface area contributed by atoms with E-state index in [0.29, 0.717) is 11.0 Å². The van der Waals surface area contributed by atoms with Crippen LogP contribution in [0.4, 0.5) is 0 Å². The van der Waals surface area contributed by atoms with Gasteiger partial charge in [0.1, 0.15) is 5.75 Å². The molecule has 1 aliphatic rings. The predicted molar refractivity (Wildman–Crippen MR) is 86.3 cm³/mol. The van der Waals surface area contributed by atoms with Crippen LogP contribution in [-0.4, -0.2) is 53.2 Å². The van der Waals surface area contributed by atoms with Crippen molar-refractivity contribution in [1.29, 1.82) is 0 Å². The zero-order valence-corrected chi connectivity index (χ0v) is 13.3. The molecule has 2 heterocycles. The molecule has 5 nitrogen and oxygen atoms in total. The number of rotatable bonds is 4. The highest BCUT2D eigenvalue weighted by Crippen LogP contribution is 2.25. The maximum atomic E-state index is 5.86. The molecule has 0 spiro atoms. The first-order valence-corrected chi connectivity index (χ1v) is 7.74. The number of hydrogen-bond donors (Lipinski definition) is 0. The van der Waals surface area contributed by atoms with Crippen molar-refractivity contribution in [3.05, 3.63) is 47.1 Å². The lowest BCUT2D eigenvalue weighted by atomic mass is 10.1. The van der Waals surface area contributed by atoms with Crippen LogP contribution in [0.1, 0.15) is 5.56 Å². The quantitative estimate of drug-likeness (QED) is 0.867. The molecule has 116 valence electrons. The number of benzene rings is 1. The van der Waals surface area contributed by atoms with Gasteiger partial charge in [-0.1, -0.05) is 29.8 Å². The summed E-state index contributed by atoms with van der Waals surface area (Å²) in [5.74, 6) is 1.27. The lowest BCUT2D eigenvalue weighted by Crippen LogP contribution is -2.43. The van der Waals surface area contributed by atoms with E-state index in [1.165, 1.54) is 0 Å². The Morgan fingerprint density at radius 2 is 1.82 bits per heavy atom. The van der Waals surface area contributed by atoms with Crippen LogP contribution in [0.15, 0.2) is 36.4 Å². The molecule has 1 fully saturated rings. The van der Waals surface area contributed by atoms with Gasteiger partial charge in [-0.15, -0.1) is 10.2 Å². The normalized spacial score (nSPS) is 16.6. The number of para-hydroxylation sites is 1. The summed E-state index contributed by atoms with van der Waals surface area (Å²) in [7, 11) is 2.16. The van der Waals surface area contributed by atoms with Crippen LogP contribution in [-0.2, 0) is 6.54 Å². The molecule has 0 radical (unpaired) electrons. The van der Waals surface area contributed by atoms with Crippen molar-refractivity contribution in [2.75, 3.05) is 33.2 Å². The molecule has 1 aliphatic heterocycles. The molecule has 0 aliphatic carbocycles. The highest BCUT2D eigenvalue weighted by Gasteiger charge is 2.16. The van der Waals surface area contributed by atoms with Gasteiger partial charge < -0.3 is 9.64 Å². The van der Waals surface area contributed by atoms with E-state index < -0.39 is 0 Å². The van der Waals surface area contributed by atoms with Gasteiger partial charge in [-0.25, -0.2) is 0 Å². The van der Waals surface area contributed by atoms with E-state index in [0.717, 1.165) is 44.0 Å². The molecule has 0 N–H and O–H groups in total. The molecule has 0 bridgehead atoms. The first kappa shape index (κ1) is 15.2. The van der Waals surface area contributed by atoms with Crippen LogP contribution in [0.25, 0.3) is 0 Å². The molecule has 22 heavy (non-hydrogen) atoms. The summed E-state index contributed by atoms with van der Waals surface area (Å²) < 4.78 is 5.86. The Labute approximate surface area is 135 Å². The van der Waals surface area contributed by atoms with E-state index in [9.17, 15) is 0 Å². The fourth-order valence-corrected chi connectivity index (χ4v) is 2.55. The van der Waals surface area contributed by atoms with Crippen LogP contribution in [0, 0.1) is 0 Å². The van der Waals surface area contributed by atoms with Gasteiger partial charge in [0, 0.05) is 44.4 Å². The average Bonchev–Trinajstić information content (AvgIpc) is 2.54. The van der Waals surface area contributed by atoms with E-state index >= 15 is 0 Å². The van der Waals surface area contributed by atoms with Gasteiger partial charge in [0.15, 0.2) is 5.15 Å². The molecule has 0 atom stereocenters. The Morgan fingerprint density at radius 3 is 2.55 bits per heavy atom. The Morgan fingerprint density at radius 1 is 1.05 bits per heavy atom. The van der Waals surface area contributed by atoms with Gasteiger partial charge in [0.25, 0.3) is 0 Å². The molecule has 1 aromatic heterocycles. The first-order valence-electron chi connectivity index (χ1n) is 7.36. The van der Waals surface area contributed by atoms with Gasteiger partial charge in [0.2, 0.25) is 5.88 Å². The van der Waals surface area contributed by atoms with E-state index in [2.05, 4.69) is 33.1 Å². The van der Waals surface area contributed by atoms with Crippen molar-refractivity contribution < 1.29 is 4.74 Å². The molecule has 0 amide bonds. The molecule has 1 aromatic carbocycles. The summed E-state index contributed by atoms with van der Waals surface area (Å²) >= 11 is 5.75. The summed E-state index contributed by atoms with van der Waals surface area (Å²) in [4.78, 5) is 4.79. The minimum atomic E-state index is 0.359. The minimum absolute atomic E-state index is 0.359. The smallest absolute Gasteiger partial charge is 0.238 e. The highest BCUT2D eigenvalue weighted by molar-refractivity contribution is 6.29. The number of piperazine rings is 1. The Hall–Kier alpha value is -1.69. The maximum absolute atomic E-state index is 5.86. The summed E-state index contributed by atoms with van der Waals surface area (Å²) in [5, 5.41) is 8.11. The number of halogens is 1. The number of ether oxygens (including phenoxy) is 1. The number of nitrogens with zero attached hydrogens (tertiary/aromatic N) is 4. The van der Waals surface area contributed by atoms with Crippen molar-refractivity contribution in [3.63, 3.8) is 0 Å². The highest BCUT2D eigenvalue weighted by atomic mass is 35.5. The lowest BCUT2D eigenvalue weighted by Gasteiger charge is -2.32. The molecule has 1 saturated heterocycles. The van der Waals surface area contributed by atoms with Crippen LogP contribution in [0.5, 0.6) is 11.6 Å². The van der Waals surface area contributed by atoms with Crippen molar-refractivity contribution >= 4 is 11.6 Å². The van der Waals surface area contributed by atoms with Gasteiger partial charge in [-0.2, -0.15) is 0 Å². The summed E-state index contributed by atoms with van der Waals surface area (Å²) in [6, 6.07) is 11.4. The summed E-state index contributed by atoms with van der Waals surface area (Å²) in [6.45, 7) is 5.24. The standard InChI is InChI=1S/C16H19ClN4O/c1-20-8-10-21(11-9-20)12-13-4-2-3-5-14(13)22-16-7-6-15(17)18-19-16/h2-7H,8-12H2,1H3. The van der Waals surface area contributed by atoms with Crippen LogP contribution in [0.3, 0.4) is 0 Å². The average molecular weight is 319 g/mol. The second kappa shape index (κ2) is 7.05. The van der Waals surface area contributed by atoms with Gasteiger partial charge in [-0.05, 0) is 19.2 Å². The van der Waals surface area contributed by atoms with E-state index in [1.54, 1.807) is 12.1 Å². The second-order valence-corrected chi connectivity index (χ2v) is 5.87. The van der Waals surface area contributed by atoms with Crippen molar-refractivity contribution in [1.82, 2.24) is 20.0 Å². The van der Waals surface area contributed by atoms with Gasteiger partial charge in [0.05, 0.1) is 0 Å². The molecule has 3 rings (SSSR count). The van der Waals surface area contributed by atoms with Crippen molar-refractivity contribution in [2.24, 2.45) is 0 Å². The Balaban J connectivity index is 1.71. The third-order valence-electron chi connectivity index (χ3n) is 3.78. The van der Waals surface area contributed by atoms with Crippen LogP contribution < -0.4 is 4.74 Å². The van der Waals surface area contributed by atoms with E-state index in [4.69, 9.17) is 16.3 Å².